The number of aliphatic imine (C=N–C) groups is 2. The molecule has 0 unspecified atom stereocenters. The second-order valence-corrected chi connectivity index (χ2v) is 6.09. The van der Waals surface area contributed by atoms with Crippen LogP contribution < -0.4 is 5.73 Å². The summed E-state index contributed by atoms with van der Waals surface area (Å²) in [6.45, 7) is 0. The molecule has 0 aliphatic carbocycles. The number of nitriles is 2. The number of pyridine rings is 1. The van der Waals surface area contributed by atoms with E-state index in [0.29, 0.717) is 21.9 Å². The predicted molar refractivity (Wildman–Crippen MR) is 96.7 cm³/mol. The lowest BCUT2D eigenvalue weighted by molar-refractivity contribution is 0.475. The summed E-state index contributed by atoms with van der Waals surface area (Å²) in [6, 6.07) is 10.4. The van der Waals surface area contributed by atoms with Gasteiger partial charge >= 0.3 is 0 Å². The van der Waals surface area contributed by atoms with E-state index in [2.05, 4.69) is 21.0 Å². The third-order valence-electron chi connectivity index (χ3n) is 3.52. The van der Waals surface area contributed by atoms with Crippen LogP contribution >= 0.6 is 11.8 Å². The van der Waals surface area contributed by atoms with Crippen molar-refractivity contribution in [2.75, 3.05) is 11.5 Å². The van der Waals surface area contributed by atoms with Crippen LogP contribution in [0, 0.1) is 22.7 Å². The van der Waals surface area contributed by atoms with E-state index >= 15 is 0 Å². The van der Waals surface area contributed by atoms with Crippen molar-refractivity contribution in [3.05, 3.63) is 35.4 Å². The quantitative estimate of drug-likeness (QED) is 0.815. The van der Waals surface area contributed by atoms with E-state index in [0.717, 1.165) is 0 Å². The number of rotatable bonds is 4. The Morgan fingerprint density at radius 2 is 1.72 bits per heavy atom. The molecule has 7 nitrogen and oxygen atoms in total. The Morgan fingerprint density at radius 1 is 1.08 bits per heavy atom. The van der Waals surface area contributed by atoms with Gasteiger partial charge in [-0.3, -0.25) is 9.98 Å². The third kappa shape index (κ3) is 3.30. The number of phenolic OH excluding ortho intramolecular Hbond substituents is 1. The van der Waals surface area contributed by atoms with Crippen molar-refractivity contribution < 1.29 is 5.11 Å². The molecule has 0 amide bonds. The number of anilines is 1. The van der Waals surface area contributed by atoms with E-state index in [1.54, 1.807) is 24.6 Å². The van der Waals surface area contributed by atoms with Gasteiger partial charge in [0.15, 0.2) is 0 Å². The number of hydrogen-bond donors (Lipinski definition) is 2. The van der Waals surface area contributed by atoms with E-state index < -0.39 is 0 Å². The summed E-state index contributed by atoms with van der Waals surface area (Å²) in [6.07, 6.45) is 3.03. The van der Waals surface area contributed by atoms with Crippen molar-refractivity contribution in [1.82, 2.24) is 4.98 Å². The molecule has 1 aromatic heterocycles. The number of aromatic nitrogens is 1. The van der Waals surface area contributed by atoms with E-state index in [9.17, 15) is 15.6 Å². The molecule has 8 heteroatoms. The van der Waals surface area contributed by atoms with Gasteiger partial charge in [0.05, 0.1) is 5.56 Å². The molecule has 1 aliphatic heterocycles. The summed E-state index contributed by atoms with van der Waals surface area (Å²) in [5, 5.41) is 29.0. The van der Waals surface area contributed by atoms with Gasteiger partial charge in [-0.2, -0.15) is 10.5 Å². The first-order valence-electron chi connectivity index (χ1n) is 7.25. The molecule has 0 saturated carbocycles. The Labute approximate surface area is 148 Å². The largest absolute Gasteiger partial charge is 0.508 e. The molecule has 1 aliphatic rings. The van der Waals surface area contributed by atoms with Crippen molar-refractivity contribution in [2.45, 2.75) is 11.2 Å². The Morgan fingerprint density at radius 3 is 2.32 bits per heavy atom. The standard InChI is InChI=1S/C17H12N6OS/c18-7-12-15(10-1-3-11(24)4-2-10)13(8-19)17(23-16(12)20)25-9-14-21-5-6-22-14/h1-6,14,24H,9H2,(H2,20,23). The minimum atomic E-state index is -0.215. The molecule has 0 atom stereocenters. The molecule has 0 radical (unpaired) electrons. The summed E-state index contributed by atoms with van der Waals surface area (Å²) in [4.78, 5) is 12.5. The van der Waals surface area contributed by atoms with Crippen molar-refractivity contribution >= 4 is 30.0 Å². The molecule has 25 heavy (non-hydrogen) atoms. The summed E-state index contributed by atoms with van der Waals surface area (Å²) in [5.41, 5.74) is 7.38. The molecular weight excluding hydrogens is 336 g/mol. The van der Waals surface area contributed by atoms with Gasteiger partial charge in [0.2, 0.25) is 0 Å². The summed E-state index contributed by atoms with van der Waals surface area (Å²) < 4.78 is 0. The zero-order valence-corrected chi connectivity index (χ0v) is 13.7. The number of phenols is 1. The van der Waals surface area contributed by atoms with Crippen LogP contribution in [-0.4, -0.2) is 34.4 Å². The van der Waals surface area contributed by atoms with E-state index in [4.69, 9.17) is 5.73 Å². The average Bonchev–Trinajstić information content (AvgIpc) is 3.13. The van der Waals surface area contributed by atoms with E-state index in [-0.39, 0.29) is 28.9 Å². The lowest BCUT2D eigenvalue weighted by Crippen LogP contribution is -2.06. The highest BCUT2D eigenvalue weighted by atomic mass is 32.2. The lowest BCUT2D eigenvalue weighted by Gasteiger charge is -2.13. The van der Waals surface area contributed by atoms with Gasteiger partial charge in [-0.1, -0.05) is 12.1 Å². The highest BCUT2D eigenvalue weighted by molar-refractivity contribution is 7.99. The normalized spacial score (nSPS) is 12.9. The van der Waals surface area contributed by atoms with Crippen molar-refractivity contribution in [3.8, 4) is 29.0 Å². The highest BCUT2D eigenvalue weighted by Crippen LogP contribution is 2.36. The number of thioether (sulfide) groups is 1. The van der Waals surface area contributed by atoms with Gasteiger partial charge in [-0.25, -0.2) is 4.98 Å². The molecule has 122 valence electrons. The zero-order chi connectivity index (χ0) is 17.8. The topological polar surface area (TPSA) is 131 Å². The second-order valence-electron chi connectivity index (χ2n) is 5.09. The maximum absolute atomic E-state index is 9.66. The number of nitrogens with zero attached hydrogens (tertiary/aromatic N) is 5. The molecule has 0 fully saturated rings. The van der Waals surface area contributed by atoms with Crippen LogP contribution in [-0.2, 0) is 0 Å². The van der Waals surface area contributed by atoms with Gasteiger partial charge < -0.3 is 10.8 Å². The van der Waals surface area contributed by atoms with Gasteiger partial charge in [0, 0.05) is 23.7 Å². The van der Waals surface area contributed by atoms with E-state index in [1.807, 2.05) is 6.07 Å². The predicted octanol–water partition coefficient (Wildman–Crippen LogP) is 2.35. The van der Waals surface area contributed by atoms with Crippen molar-refractivity contribution in [2.24, 2.45) is 9.98 Å². The fourth-order valence-corrected chi connectivity index (χ4v) is 3.31. The Hall–Kier alpha value is -3.36. The van der Waals surface area contributed by atoms with Crippen LogP contribution in [0.5, 0.6) is 5.75 Å². The molecular formula is C17H12N6OS. The summed E-state index contributed by atoms with van der Waals surface area (Å²) in [7, 11) is 0. The van der Waals surface area contributed by atoms with Gasteiger partial charge in [-0.15, -0.1) is 11.8 Å². The molecule has 0 spiro atoms. The molecule has 3 N–H and O–H groups in total. The first-order chi connectivity index (χ1) is 12.1. The average molecular weight is 348 g/mol. The van der Waals surface area contributed by atoms with Crippen molar-refractivity contribution in [1.29, 1.82) is 10.5 Å². The Bertz CT molecular complexity index is 941. The highest BCUT2D eigenvalue weighted by Gasteiger charge is 2.21. The lowest BCUT2D eigenvalue weighted by atomic mass is 9.97. The van der Waals surface area contributed by atoms with Gasteiger partial charge in [-0.05, 0) is 17.7 Å². The first kappa shape index (κ1) is 16.5. The first-order valence-corrected chi connectivity index (χ1v) is 8.23. The van der Waals surface area contributed by atoms with Crippen molar-refractivity contribution in [3.63, 3.8) is 0 Å². The summed E-state index contributed by atoms with van der Waals surface area (Å²) in [5.74, 6) is 0.662. The minimum absolute atomic E-state index is 0.0606. The van der Waals surface area contributed by atoms with Crippen LogP contribution in [0.1, 0.15) is 11.1 Å². The van der Waals surface area contributed by atoms with Crippen LogP contribution in [0.2, 0.25) is 0 Å². The van der Waals surface area contributed by atoms with Crippen LogP contribution in [0.3, 0.4) is 0 Å². The molecule has 2 heterocycles. The van der Waals surface area contributed by atoms with Gasteiger partial charge in [0.25, 0.3) is 0 Å². The molecule has 0 bridgehead atoms. The Kier molecular flexibility index (Phi) is 4.64. The fraction of sp³-hybridized carbons (Fsp3) is 0.118. The minimum Gasteiger partial charge on any atom is -0.508 e. The number of benzene rings is 1. The molecule has 2 aromatic rings. The zero-order valence-electron chi connectivity index (χ0n) is 12.9. The SMILES string of the molecule is N#Cc1c(N)nc(SCC2N=CC=N2)c(C#N)c1-c1ccc(O)cc1. The Balaban J connectivity index is 2.09. The fourth-order valence-electron chi connectivity index (χ4n) is 2.37. The van der Waals surface area contributed by atoms with Crippen LogP contribution in [0.15, 0.2) is 39.3 Å². The maximum Gasteiger partial charge on any atom is 0.149 e. The molecule has 0 saturated heterocycles. The van der Waals surface area contributed by atoms with Crippen LogP contribution in [0.25, 0.3) is 11.1 Å². The second kappa shape index (κ2) is 7.04. The smallest absolute Gasteiger partial charge is 0.149 e. The monoisotopic (exact) mass is 348 g/mol. The molecule has 1 aromatic carbocycles. The third-order valence-corrected chi connectivity index (χ3v) is 4.56. The van der Waals surface area contributed by atoms with E-state index in [1.165, 1.54) is 23.9 Å². The molecule has 3 rings (SSSR count). The van der Waals surface area contributed by atoms with Crippen LogP contribution in [0.4, 0.5) is 5.82 Å². The summed E-state index contributed by atoms with van der Waals surface area (Å²) >= 11 is 1.31. The number of aromatic hydroxyl groups is 1. The van der Waals surface area contributed by atoms with Gasteiger partial charge in [0.1, 0.15) is 40.5 Å². The number of nitrogen functional groups attached to an aromatic ring is 1. The number of hydrogen-bond acceptors (Lipinski definition) is 8. The number of nitrogens with two attached hydrogens (primary N) is 1. The maximum atomic E-state index is 9.66.